The van der Waals surface area contributed by atoms with Gasteiger partial charge < -0.3 is 10.6 Å². The van der Waals surface area contributed by atoms with Crippen LogP contribution in [0.3, 0.4) is 0 Å². The number of hydrogen-bond donors (Lipinski definition) is 2. The predicted molar refractivity (Wildman–Crippen MR) is 92.9 cm³/mol. The van der Waals surface area contributed by atoms with Crippen molar-refractivity contribution in [2.75, 3.05) is 13.1 Å². The van der Waals surface area contributed by atoms with Gasteiger partial charge in [0.2, 0.25) is 11.8 Å². The molecule has 2 rings (SSSR count). The Balaban J connectivity index is 1.88. The molecule has 0 bridgehead atoms. The van der Waals surface area contributed by atoms with Crippen LogP contribution in [0, 0.1) is 29.1 Å². The van der Waals surface area contributed by atoms with Gasteiger partial charge in [-0.2, -0.15) is 5.26 Å². The molecule has 0 saturated heterocycles. The van der Waals surface area contributed by atoms with Crippen molar-refractivity contribution in [3.8, 4) is 6.07 Å². The second-order valence-corrected chi connectivity index (χ2v) is 7.42. The van der Waals surface area contributed by atoms with Crippen molar-refractivity contribution in [3.63, 3.8) is 0 Å². The lowest BCUT2D eigenvalue weighted by atomic mass is 9.82. The number of amides is 2. The summed E-state index contributed by atoms with van der Waals surface area (Å²) in [6, 6.07) is 1.92. The van der Waals surface area contributed by atoms with Gasteiger partial charge in [-0.1, -0.05) is 51.4 Å². The van der Waals surface area contributed by atoms with Crippen LogP contribution in [0.4, 0.5) is 0 Å². The molecular formula is C19H31N3O2. The van der Waals surface area contributed by atoms with Crippen molar-refractivity contribution in [3.05, 3.63) is 0 Å². The molecule has 2 amide bonds. The summed E-state index contributed by atoms with van der Waals surface area (Å²) in [5.74, 6) is -0.0767. The highest BCUT2D eigenvalue weighted by atomic mass is 16.2. The fourth-order valence-electron chi connectivity index (χ4n) is 4.10. The molecule has 1 unspecified atom stereocenters. The van der Waals surface area contributed by atoms with Gasteiger partial charge in [-0.25, -0.2) is 0 Å². The summed E-state index contributed by atoms with van der Waals surface area (Å²) in [5.41, 5.74) is 0. The van der Waals surface area contributed by atoms with Crippen LogP contribution in [-0.2, 0) is 9.59 Å². The molecule has 0 heterocycles. The van der Waals surface area contributed by atoms with Crippen molar-refractivity contribution in [2.45, 2.75) is 70.6 Å². The number of rotatable bonds is 7. The highest BCUT2D eigenvalue weighted by Crippen LogP contribution is 2.29. The molecule has 0 radical (unpaired) electrons. The first-order valence-corrected chi connectivity index (χ1v) is 9.63. The molecule has 24 heavy (non-hydrogen) atoms. The average molecular weight is 333 g/mol. The second-order valence-electron chi connectivity index (χ2n) is 7.42. The third kappa shape index (κ3) is 6.14. The quantitative estimate of drug-likeness (QED) is 0.555. The zero-order valence-corrected chi connectivity index (χ0v) is 14.7. The maximum Gasteiger partial charge on any atom is 0.233 e. The minimum Gasteiger partial charge on any atom is -0.355 e. The minimum atomic E-state index is -0.648. The van der Waals surface area contributed by atoms with Crippen molar-refractivity contribution in [1.29, 1.82) is 5.26 Å². The van der Waals surface area contributed by atoms with Gasteiger partial charge in [0.25, 0.3) is 0 Å². The van der Waals surface area contributed by atoms with Gasteiger partial charge in [0.1, 0.15) is 12.5 Å². The van der Waals surface area contributed by atoms with E-state index in [0.29, 0.717) is 24.8 Å². The summed E-state index contributed by atoms with van der Waals surface area (Å²) in [6.07, 6.45) is 12.6. The highest BCUT2D eigenvalue weighted by Gasteiger charge is 2.30. The van der Waals surface area contributed by atoms with E-state index < -0.39 is 5.92 Å². The maximum absolute atomic E-state index is 12.6. The number of nitrogens with zero attached hydrogens (tertiary/aromatic N) is 1. The smallest absolute Gasteiger partial charge is 0.233 e. The van der Waals surface area contributed by atoms with E-state index >= 15 is 0 Å². The monoisotopic (exact) mass is 333 g/mol. The molecule has 5 nitrogen and oxygen atoms in total. The Morgan fingerprint density at radius 1 is 0.875 bits per heavy atom. The van der Waals surface area contributed by atoms with Gasteiger partial charge in [0, 0.05) is 6.54 Å². The first-order valence-electron chi connectivity index (χ1n) is 9.63. The van der Waals surface area contributed by atoms with Gasteiger partial charge in [0.05, 0.1) is 6.07 Å². The molecule has 2 saturated carbocycles. The lowest BCUT2D eigenvalue weighted by molar-refractivity contribution is -0.136. The average Bonchev–Trinajstić information content (AvgIpc) is 2.64. The summed E-state index contributed by atoms with van der Waals surface area (Å²) in [6.45, 7) is 0.654. The summed E-state index contributed by atoms with van der Waals surface area (Å²) in [7, 11) is 0. The zero-order chi connectivity index (χ0) is 17.2. The van der Waals surface area contributed by atoms with E-state index in [1.807, 2.05) is 6.07 Å². The number of hydrogen-bond acceptors (Lipinski definition) is 3. The summed E-state index contributed by atoms with van der Waals surface area (Å²) in [5, 5.41) is 14.3. The van der Waals surface area contributed by atoms with E-state index in [9.17, 15) is 9.59 Å². The summed E-state index contributed by atoms with van der Waals surface area (Å²) < 4.78 is 0. The third-order valence-electron chi connectivity index (χ3n) is 5.56. The molecule has 1 atom stereocenters. The zero-order valence-electron chi connectivity index (χ0n) is 14.7. The van der Waals surface area contributed by atoms with Crippen LogP contribution in [-0.4, -0.2) is 24.9 Å². The SMILES string of the molecule is N#CCNC(=O)C(CC1CCCCC1)C(=O)NCC1CCCCC1. The van der Waals surface area contributed by atoms with Crippen LogP contribution in [0.2, 0.25) is 0 Å². The molecule has 0 aromatic rings. The molecule has 2 N–H and O–H groups in total. The maximum atomic E-state index is 12.6. The lowest BCUT2D eigenvalue weighted by Crippen LogP contribution is -2.44. The molecule has 2 fully saturated rings. The van der Waals surface area contributed by atoms with Gasteiger partial charge in [-0.3, -0.25) is 9.59 Å². The Labute approximate surface area is 145 Å². The fourth-order valence-corrected chi connectivity index (χ4v) is 4.10. The van der Waals surface area contributed by atoms with E-state index in [1.54, 1.807) is 0 Å². The number of nitriles is 1. The molecule has 0 aromatic carbocycles. The molecule has 2 aliphatic rings. The van der Waals surface area contributed by atoms with Gasteiger partial charge in [-0.05, 0) is 31.1 Å². The first kappa shape index (κ1) is 18.8. The lowest BCUT2D eigenvalue weighted by Gasteiger charge is -2.26. The standard InChI is InChI=1S/C19H31N3O2/c20-11-12-21-18(23)17(13-15-7-3-1-4-8-15)19(24)22-14-16-9-5-2-6-10-16/h15-17H,1-10,12-14H2,(H,21,23)(H,22,24). The molecule has 5 heteroatoms. The minimum absolute atomic E-state index is 0.0318. The third-order valence-corrected chi connectivity index (χ3v) is 5.56. The van der Waals surface area contributed by atoms with Crippen LogP contribution < -0.4 is 10.6 Å². The largest absolute Gasteiger partial charge is 0.355 e. The van der Waals surface area contributed by atoms with E-state index in [2.05, 4.69) is 10.6 Å². The normalized spacial score (nSPS) is 20.8. The van der Waals surface area contributed by atoms with E-state index in [4.69, 9.17) is 5.26 Å². The van der Waals surface area contributed by atoms with Crippen LogP contribution in [0.1, 0.15) is 70.6 Å². The van der Waals surface area contributed by atoms with Crippen molar-refractivity contribution >= 4 is 11.8 Å². The molecule has 134 valence electrons. The number of carbonyl (C=O) groups is 2. The molecule has 2 aliphatic carbocycles. The van der Waals surface area contributed by atoms with Crippen molar-refractivity contribution < 1.29 is 9.59 Å². The van der Waals surface area contributed by atoms with Crippen LogP contribution >= 0.6 is 0 Å². The molecule has 0 aliphatic heterocycles. The predicted octanol–water partition coefficient (Wildman–Crippen LogP) is 2.91. The Morgan fingerprint density at radius 2 is 1.42 bits per heavy atom. The van der Waals surface area contributed by atoms with Crippen molar-refractivity contribution in [1.82, 2.24) is 10.6 Å². The molecule has 0 spiro atoms. The van der Waals surface area contributed by atoms with E-state index in [-0.39, 0.29) is 18.4 Å². The van der Waals surface area contributed by atoms with Gasteiger partial charge in [-0.15, -0.1) is 0 Å². The van der Waals surface area contributed by atoms with Crippen LogP contribution in [0.5, 0.6) is 0 Å². The molecule has 0 aromatic heterocycles. The Hall–Kier alpha value is -1.57. The number of nitrogens with one attached hydrogen (secondary N) is 2. The van der Waals surface area contributed by atoms with Crippen molar-refractivity contribution in [2.24, 2.45) is 17.8 Å². The number of carbonyl (C=O) groups excluding carboxylic acids is 2. The van der Waals surface area contributed by atoms with Crippen LogP contribution in [0.15, 0.2) is 0 Å². The van der Waals surface area contributed by atoms with Crippen LogP contribution in [0.25, 0.3) is 0 Å². The fraction of sp³-hybridized carbons (Fsp3) is 0.842. The summed E-state index contributed by atoms with van der Waals surface area (Å²) >= 11 is 0. The van der Waals surface area contributed by atoms with Gasteiger partial charge >= 0.3 is 0 Å². The second kappa shape index (κ2) is 10.3. The topological polar surface area (TPSA) is 82.0 Å². The molecular weight excluding hydrogens is 302 g/mol. The Kier molecular flexibility index (Phi) is 8.07. The Morgan fingerprint density at radius 3 is 2.00 bits per heavy atom. The Bertz CT molecular complexity index is 446. The van der Waals surface area contributed by atoms with E-state index in [1.165, 1.54) is 51.4 Å². The first-order chi connectivity index (χ1) is 11.7. The van der Waals surface area contributed by atoms with E-state index in [0.717, 1.165) is 12.8 Å². The van der Waals surface area contributed by atoms with Gasteiger partial charge in [0.15, 0.2) is 0 Å². The highest BCUT2D eigenvalue weighted by molar-refractivity contribution is 6.00. The summed E-state index contributed by atoms with van der Waals surface area (Å²) in [4.78, 5) is 25.0.